The summed E-state index contributed by atoms with van der Waals surface area (Å²) in [5, 5.41) is 14.4. The summed E-state index contributed by atoms with van der Waals surface area (Å²) in [7, 11) is 0. The number of rotatable bonds is 5. The molecule has 1 N–H and O–H groups in total. The molecule has 2 amide bonds. The highest BCUT2D eigenvalue weighted by atomic mass is 32.1. The average molecular weight is 439 g/mol. The highest BCUT2D eigenvalue weighted by Crippen LogP contribution is 2.23. The van der Waals surface area contributed by atoms with E-state index in [0.29, 0.717) is 31.7 Å². The summed E-state index contributed by atoms with van der Waals surface area (Å²) >= 11 is 1.38. The Morgan fingerprint density at radius 2 is 1.94 bits per heavy atom. The molecule has 1 saturated heterocycles. The van der Waals surface area contributed by atoms with Gasteiger partial charge in [0, 0.05) is 61.4 Å². The number of nitrogens with zero attached hydrogens (tertiary/aromatic N) is 5. The maximum Gasteiger partial charge on any atom is 0.322 e. The van der Waals surface area contributed by atoms with Gasteiger partial charge in [-0.2, -0.15) is 4.37 Å². The van der Waals surface area contributed by atoms with Gasteiger partial charge in [-0.15, -0.1) is 0 Å². The number of amides is 2. The smallest absolute Gasteiger partial charge is 0.322 e. The average Bonchev–Trinajstić information content (AvgIpc) is 3.23. The van der Waals surface area contributed by atoms with E-state index in [9.17, 15) is 14.9 Å². The van der Waals surface area contributed by atoms with Gasteiger partial charge in [-0.1, -0.05) is 30.3 Å². The van der Waals surface area contributed by atoms with Crippen molar-refractivity contribution in [1.29, 1.82) is 0 Å². The Morgan fingerprint density at radius 1 is 1.19 bits per heavy atom. The second kappa shape index (κ2) is 9.09. The third kappa shape index (κ3) is 4.97. The molecule has 1 aromatic heterocycles. The first-order valence-corrected chi connectivity index (χ1v) is 10.7. The van der Waals surface area contributed by atoms with Crippen LogP contribution in [0.3, 0.4) is 0 Å². The van der Waals surface area contributed by atoms with E-state index in [-0.39, 0.29) is 17.8 Å². The van der Waals surface area contributed by atoms with Crippen LogP contribution in [0.15, 0.2) is 54.6 Å². The van der Waals surface area contributed by atoms with Gasteiger partial charge in [-0.05, 0) is 24.6 Å². The van der Waals surface area contributed by atoms with Crippen LogP contribution in [-0.4, -0.2) is 50.9 Å². The van der Waals surface area contributed by atoms with Crippen LogP contribution in [0.5, 0.6) is 0 Å². The van der Waals surface area contributed by atoms with Crippen LogP contribution in [-0.2, 0) is 6.42 Å². The fourth-order valence-electron chi connectivity index (χ4n) is 3.52. The van der Waals surface area contributed by atoms with Crippen molar-refractivity contribution < 1.29 is 9.72 Å². The highest BCUT2D eigenvalue weighted by molar-refractivity contribution is 7.09. The molecule has 2 aromatic carbocycles. The molecule has 1 unspecified atom stereocenters. The van der Waals surface area contributed by atoms with Gasteiger partial charge < -0.3 is 15.1 Å². The number of anilines is 2. The number of nitro groups is 1. The Morgan fingerprint density at radius 3 is 2.61 bits per heavy atom. The largest absolute Gasteiger partial charge is 0.343 e. The lowest BCUT2D eigenvalue weighted by Gasteiger charge is -2.39. The second-order valence-electron chi connectivity index (χ2n) is 7.38. The van der Waals surface area contributed by atoms with E-state index < -0.39 is 4.92 Å². The molecule has 0 bridgehead atoms. The number of hydrogen-bond acceptors (Lipinski definition) is 7. The van der Waals surface area contributed by atoms with Crippen LogP contribution in [0, 0.1) is 10.1 Å². The van der Waals surface area contributed by atoms with Gasteiger partial charge >= 0.3 is 6.03 Å². The zero-order valence-electron chi connectivity index (χ0n) is 17.0. The van der Waals surface area contributed by atoms with E-state index in [1.807, 2.05) is 25.1 Å². The molecule has 4 rings (SSSR count). The van der Waals surface area contributed by atoms with Crippen molar-refractivity contribution in [3.05, 3.63) is 76.1 Å². The van der Waals surface area contributed by atoms with Crippen molar-refractivity contribution in [1.82, 2.24) is 14.3 Å². The molecular formula is C21H22N6O3S. The number of nitro benzene ring substituents is 1. The van der Waals surface area contributed by atoms with Crippen molar-refractivity contribution in [2.75, 3.05) is 29.9 Å². The maximum absolute atomic E-state index is 12.7. The van der Waals surface area contributed by atoms with Gasteiger partial charge in [0.15, 0.2) is 0 Å². The van der Waals surface area contributed by atoms with Crippen molar-refractivity contribution in [3.8, 4) is 0 Å². The lowest BCUT2D eigenvalue weighted by molar-refractivity contribution is -0.384. The van der Waals surface area contributed by atoms with E-state index in [1.165, 1.54) is 41.4 Å². The van der Waals surface area contributed by atoms with E-state index >= 15 is 0 Å². The maximum atomic E-state index is 12.7. The number of nitrogens with one attached hydrogen (secondary N) is 1. The zero-order valence-corrected chi connectivity index (χ0v) is 17.8. The quantitative estimate of drug-likeness (QED) is 0.480. The number of carbonyl (C=O) groups is 1. The molecule has 1 fully saturated rings. The summed E-state index contributed by atoms with van der Waals surface area (Å²) in [6, 6.07) is 15.7. The fraction of sp³-hybridized carbons (Fsp3) is 0.286. The lowest BCUT2D eigenvalue weighted by atomic mass is 10.1. The molecule has 0 saturated carbocycles. The Kier molecular flexibility index (Phi) is 6.08. The Bertz CT molecular complexity index is 1060. The van der Waals surface area contributed by atoms with E-state index in [0.717, 1.165) is 11.0 Å². The van der Waals surface area contributed by atoms with Crippen LogP contribution in [0.4, 0.5) is 21.3 Å². The molecule has 0 aliphatic carbocycles. The lowest BCUT2D eigenvalue weighted by Crippen LogP contribution is -2.55. The summed E-state index contributed by atoms with van der Waals surface area (Å²) in [6.07, 6.45) is 0.699. The fourth-order valence-corrected chi connectivity index (χ4v) is 4.24. The Hall–Kier alpha value is -3.53. The monoisotopic (exact) mass is 438 g/mol. The number of urea groups is 1. The molecule has 1 aliphatic heterocycles. The molecule has 1 atom stereocenters. The minimum absolute atomic E-state index is 0.0105. The third-order valence-electron chi connectivity index (χ3n) is 5.15. The predicted molar refractivity (Wildman–Crippen MR) is 120 cm³/mol. The summed E-state index contributed by atoms with van der Waals surface area (Å²) in [5.41, 5.74) is 1.69. The molecule has 0 radical (unpaired) electrons. The van der Waals surface area contributed by atoms with Crippen LogP contribution in [0.2, 0.25) is 0 Å². The van der Waals surface area contributed by atoms with Crippen molar-refractivity contribution in [2.45, 2.75) is 19.4 Å². The molecule has 1 aliphatic rings. The van der Waals surface area contributed by atoms with Crippen LogP contribution >= 0.6 is 11.5 Å². The molecule has 31 heavy (non-hydrogen) atoms. The highest BCUT2D eigenvalue weighted by Gasteiger charge is 2.29. The van der Waals surface area contributed by atoms with Gasteiger partial charge in [0.1, 0.15) is 5.82 Å². The van der Waals surface area contributed by atoms with Gasteiger partial charge in [-0.25, -0.2) is 9.78 Å². The Balaban J connectivity index is 1.34. The second-order valence-corrected chi connectivity index (χ2v) is 8.11. The SMILES string of the molecule is CC1CN(c2nc(Cc3ccccc3)ns2)CCN1C(=O)Nc1ccc([N+](=O)[O-])cc1. The minimum Gasteiger partial charge on any atom is -0.343 e. The standard InChI is InChI=1S/C21H22N6O3S/c1-15-14-25(21-23-19(24-31-21)13-16-5-3-2-4-6-16)11-12-26(15)20(28)22-17-7-9-18(10-8-17)27(29)30/h2-10,15H,11-14H2,1H3,(H,22,28). The molecule has 2 heterocycles. The van der Waals surface area contributed by atoms with Crippen molar-refractivity contribution in [2.24, 2.45) is 0 Å². The third-order valence-corrected chi connectivity index (χ3v) is 5.97. The molecule has 10 heteroatoms. The van der Waals surface area contributed by atoms with Crippen molar-refractivity contribution in [3.63, 3.8) is 0 Å². The van der Waals surface area contributed by atoms with E-state index in [4.69, 9.17) is 0 Å². The first-order chi connectivity index (χ1) is 15.0. The number of carbonyl (C=O) groups excluding carboxylic acids is 1. The van der Waals surface area contributed by atoms with Gasteiger partial charge in [0.2, 0.25) is 5.13 Å². The predicted octanol–water partition coefficient (Wildman–Crippen LogP) is 3.78. The number of non-ortho nitro benzene ring substituents is 1. The number of benzene rings is 2. The first kappa shape index (κ1) is 20.7. The van der Waals surface area contributed by atoms with Gasteiger partial charge in [0.05, 0.1) is 4.92 Å². The van der Waals surface area contributed by atoms with Crippen LogP contribution in [0.25, 0.3) is 0 Å². The number of hydrogen-bond donors (Lipinski definition) is 1. The summed E-state index contributed by atoms with van der Waals surface area (Å²) < 4.78 is 4.49. The number of piperazine rings is 1. The van der Waals surface area contributed by atoms with Gasteiger partial charge in [-0.3, -0.25) is 10.1 Å². The topological polar surface area (TPSA) is 104 Å². The van der Waals surface area contributed by atoms with Crippen molar-refractivity contribution >= 4 is 34.1 Å². The molecule has 3 aromatic rings. The molecule has 160 valence electrons. The van der Waals surface area contributed by atoms with Crippen LogP contribution < -0.4 is 10.2 Å². The summed E-state index contributed by atoms with van der Waals surface area (Å²) in [5.74, 6) is 0.803. The van der Waals surface area contributed by atoms with E-state index in [1.54, 1.807) is 4.90 Å². The van der Waals surface area contributed by atoms with Crippen LogP contribution in [0.1, 0.15) is 18.3 Å². The minimum atomic E-state index is -0.467. The van der Waals surface area contributed by atoms with Gasteiger partial charge in [0.25, 0.3) is 5.69 Å². The summed E-state index contributed by atoms with van der Waals surface area (Å²) in [4.78, 5) is 31.6. The Labute approximate surface area is 183 Å². The zero-order chi connectivity index (χ0) is 21.8. The normalized spacial score (nSPS) is 16.2. The number of aromatic nitrogens is 2. The molecular weight excluding hydrogens is 416 g/mol. The molecule has 0 spiro atoms. The summed E-state index contributed by atoms with van der Waals surface area (Å²) in [6.45, 7) is 3.87. The van der Waals surface area contributed by atoms with E-state index in [2.05, 4.69) is 31.7 Å². The molecule has 9 nitrogen and oxygen atoms in total. The first-order valence-electron chi connectivity index (χ1n) is 9.93.